The topological polar surface area (TPSA) is 94.8 Å². The molecule has 0 fully saturated rings. The number of hydrogen-bond acceptors (Lipinski definition) is 4. The van der Waals surface area contributed by atoms with Gasteiger partial charge in [0.25, 0.3) is 10.1 Å². The third-order valence-electron chi connectivity index (χ3n) is 0.792. The maximum absolute atomic E-state index is 10.0. The molecular weight excluding hydrogens is 184 g/mol. The van der Waals surface area contributed by atoms with Crippen molar-refractivity contribution in [1.82, 2.24) is 0 Å². The first-order valence-corrected chi connectivity index (χ1v) is 4.31. The summed E-state index contributed by atoms with van der Waals surface area (Å²) in [5.74, 6) is -0.457. The third kappa shape index (κ3) is 2.80. The molecule has 0 bridgehead atoms. The molecule has 0 radical (unpaired) electrons. The lowest BCUT2D eigenvalue weighted by Crippen LogP contribution is -2.34. The summed E-state index contributed by atoms with van der Waals surface area (Å²) < 4.78 is 28.1. The van der Waals surface area contributed by atoms with Crippen LogP contribution in [0.1, 0.15) is 0 Å². The van der Waals surface area contributed by atoms with E-state index >= 15 is 0 Å². The summed E-state index contributed by atoms with van der Waals surface area (Å²) in [7, 11) is -4.59. The number of halogens is 1. The van der Waals surface area contributed by atoms with Gasteiger partial charge in [0.2, 0.25) is 5.44 Å². The van der Waals surface area contributed by atoms with Gasteiger partial charge < -0.3 is 10.2 Å². The first kappa shape index (κ1) is 10.1. The molecule has 0 aromatic rings. The molecule has 0 aliphatic rings. The lowest BCUT2D eigenvalue weighted by molar-refractivity contribution is 0.0778. The van der Waals surface area contributed by atoms with E-state index in [0.29, 0.717) is 0 Å². The molecule has 2 atom stereocenters. The van der Waals surface area contributed by atoms with Crippen LogP contribution in [-0.2, 0) is 10.1 Å². The summed E-state index contributed by atoms with van der Waals surface area (Å²) >= 11 is 4.97. The Hall–Kier alpha value is 0.120. The van der Waals surface area contributed by atoms with Crippen LogP contribution in [0.15, 0.2) is 0 Å². The molecule has 10 heavy (non-hydrogen) atoms. The van der Waals surface area contributed by atoms with Crippen molar-refractivity contribution in [3.05, 3.63) is 0 Å². The van der Waals surface area contributed by atoms with Gasteiger partial charge in [-0.2, -0.15) is 8.42 Å². The van der Waals surface area contributed by atoms with Gasteiger partial charge >= 0.3 is 0 Å². The normalized spacial score (nSPS) is 18.4. The molecule has 7 heteroatoms. The zero-order chi connectivity index (χ0) is 8.36. The molecule has 0 saturated heterocycles. The predicted octanol–water partition coefficient (Wildman–Crippen LogP) is -1.21. The monoisotopic (exact) mass is 190 g/mol. The minimum atomic E-state index is -4.59. The average molecular weight is 191 g/mol. The Morgan fingerprint density at radius 1 is 1.40 bits per heavy atom. The minimum Gasteiger partial charge on any atom is -0.388 e. The lowest BCUT2D eigenvalue weighted by Gasteiger charge is -2.10. The summed E-state index contributed by atoms with van der Waals surface area (Å²) in [6.07, 6.45) is -1.66. The van der Waals surface area contributed by atoms with E-state index in [-0.39, 0.29) is 0 Å². The minimum absolute atomic E-state index is 0.457. The predicted molar refractivity (Wildman–Crippen MR) is 34.3 cm³/mol. The fraction of sp³-hybridized carbons (Fsp3) is 1.00. The number of alkyl halides is 1. The molecule has 5 nitrogen and oxygen atoms in total. The Morgan fingerprint density at radius 3 is 1.90 bits per heavy atom. The molecule has 0 aromatic carbocycles. The molecule has 0 aliphatic carbocycles. The summed E-state index contributed by atoms with van der Waals surface area (Å²) in [5.41, 5.74) is -2.22. The summed E-state index contributed by atoms with van der Waals surface area (Å²) in [6.45, 7) is 0. The van der Waals surface area contributed by atoms with Crippen molar-refractivity contribution in [2.75, 3.05) is 5.88 Å². The summed E-state index contributed by atoms with van der Waals surface area (Å²) in [4.78, 5) is 0. The lowest BCUT2D eigenvalue weighted by atomic mass is 10.4. The molecule has 0 rings (SSSR count). The van der Waals surface area contributed by atoms with Crippen molar-refractivity contribution in [3.8, 4) is 0 Å². The highest BCUT2D eigenvalue weighted by Gasteiger charge is 2.27. The van der Waals surface area contributed by atoms with Gasteiger partial charge in [-0.05, 0) is 0 Å². The quantitative estimate of drug-likeness (QED) is 0.384. The fourth-order valence-corrected chi connectivity index (χ4v) is 1.04. The Kier molecular flexibility index (Phi) is 3.54. The Balaban J connectivity index is 4.23. The van der Waals surface area contributed by atoms with Gasteiger partial charge in [0.1, 0.15) is 6.10 Å². The van der Waals surface area contributed by atoms with Crippen molar-refractivity contribution in [3.63, 3.8) is 0 Å². The van der Waals surface area contributed by atoms with E-state index in [1.54, 1.807) is 0 Å². The number of hydrogen-bond donors (Lipinski definition) is 3. The first-order valence-electron chi connectivity index (χ1n) is 2.28. The molecule has 3 N–H and O–H groups in total. The summed E-state index contributed by atoms with van der Waals surface area (Å²) in [5, 5.41) is 17.0. The standard InChI is InChI=1S/C3H7ClO5S/c4-1-2(5)3(6)10(7,8)9/h2-3,5-6H,1H2,(H,7,8,9). The van der Waals surface area contributed by atoms with Crippen molar-refractivity contribution in [2.45, 2.75) is 11.5 Å². The molecule has 0 aromatic heterocycles. The third-order valence-corrected chi connectivity index (χ3v) is 2.03. The summed E-state index contributed by atoms with van der Waals surface area (Å²) in [6, 6.07) is 0. The Bertz CT molecular complexity index is 187. The number of rotatable bonds is 3. The van der Waals surface area contributed by atoms with Gasteiger partial charge in [0, 0.05) is 0 Å². The van der Waals surface area contributed by atoms with Crippen molar-refractivity contribution in [2.24, 2.45) is 0 Å². The maximum atomic E-state index is 10.0. The molecule has 62 valence electrons. The van der Waals surface area contributed by atoms with Gasteiger partial charge in [0.05, 0.1) is 5.88 Å². The second-order valence-corrected chi connectivity index (χ2v) is 3.45. The number of aliphatic hydroxyl groups excluding tert-OH is 2. The van der Waals surface area contributed by atoms with Crippen LogP contribution in [0.25, 0.3) is 0 Å². The molecule has 0 amide bonds. The molecule has 2 unspecified atom stereocenters. The Labute approximate surface area is 63.0 Å². The smallest absolute Gasteiger partial charge is 0.294 e. The second kappa shape index (κ2) is 3.49. The molecule has 0 heterocycles. The molecule has 0 spiro atoms. The highest BCUT2D eigenvalue weighted by molar-refractivity contribution is 7.86. The van der Waals surface area contributed by atoms with E-state index in [1.807, 2.05) is 0 Å². The molecular formula is C3H7ClO5S. The zero-order valence-electron chi connectivity index (χ0n) is 4.81. The highest BCUT2D eigenvalue weighted by Crippen LogP contribution is 2.02. The van der Waals surface area contributed by atoms with Gasteiger partial charge in [-0.15, -0.1) is 11.6 Å². The van der Waals surface area contributed by atoms with Crippen molar-refractivity contribution >= 4 is 21.7 Å². The van der Waals surface area contributed by atoms with Crippen LogP contribution in [-0.4, -0.2) is 40.6 Å². The number of aliphatic hydroxyl groups is 2. The van der Waals surface area contributed by atoms with Crippen LogP contribution in [0.5, 0.6) is 0 Å². The van der Waals surface area contributed by atoms with Crippen LogP contribution < -0.4 is 0 Å². The Morgan fingerprint density at radius 2 is 1.80 bits per heavy atom. The first-order chi connectivity index (χ1) is 4.39. The van der Waals surface area contributed by atoms with Gasteiger partial charge in [-0.1, -0.05) is 0 Å². The van der Waals surface area contributed by atoms with Gasteiger partial charge in [-0.3, -0.25) is 4.55 Å². The van der Waals surface area contributed by atoms with E-state index < -0.39 is 27.5 Å². The second-order valence-electron chi connectivity index (χ2n) is 1.63. The van der Waals surface area contributed by atoms with Crippen LogP contribution in [0.4, 0.5) is 0 Å². The average Bonchev–Trinajstić information content (AvgIpc) is 1.83. The van der Waals surface area contributed by atoms with E-state index in [0.717, 1.165) is 0 Å². The fourth-order valence-electron chi connectivity index (χ4n) is 0.275. The molecule has 0 saturated carbocycles. The highest BCUT2D eigenvalue weighted by atomic mass is 35.5. The van der Waals surface area contributed by atoms with Crippen molar-refractivity contribution < 1.29 is 23.2 Å². The SMILES string of the molecule is O=S(=O)(O)C(O)C(O)CCl. The maximum Gasteiger partial charge on any atom is 0.294 e. The van der Waals surface area contributed by atoms with Crippen LogP contribution >= 0.6 is 11.6 Å². The van der Waals surface area contributed by atoms with Crippen LogP contribution in [0, 0.1) is 0 Å². The zero-order valence-corrected chi connectivity index (χ0v) is 6.38. The van der Waals surface area contributed by atoms with Crippen LogP contribution in [0.3, 0.4) is 0 Å². The van der Waals surface area contributed by atoms with Gasteiger partial charge in [-0.25, -0.2) is 0 Å². The van der Waals surface area contributed by atoms with Crippen molar-refractivity contribution in [1.29, 1.82) is 0 Å². The van der Waals surface area contributed by atoms with E-state index in [1.165, 1.54) is 0 Å². The largest absolute Gasteiger partial charge is 0.388 e. The van der Waals surface area contributed by atoms with E-state index in [9.17, 15) is 8.42 Å². The van der Waals surface area contributed by atoms with Gasteiger partial charge in [0.15, 0.2) is 0 Å². The van der Waals surface area contributed by atoms with E-state index in [2.05, 4.69) is 0 Å². The van der Waals surface area contributed by atoms with Crippen LogP contribution in [0.2, 0.25) is 0 Å². The molecule has 0 aliphatic heterocycles. The van der Waals surface area contributed by atoms with E-state index in [4.69, 9.17) is 26.4 Å².